The number of esters is 4. The minimum atomic E-state index is -4.95. The van der Waals surface area contributed by atoms with Gasteiger partial charge in [0.25, 0.3) is 0 Å². The minimum absolute atomic E-state index is 0.107. The van der Waals surface area contributed by atoms with Gasteiger partial charge < -0.3 is 33.8 Å². The fraction of sp³-hybridized carbons (Fsp3) is 0.944. The van der Waals surface area contributed by atoms with Crippen molar-refractivity contribution in [3.05, 3.63) is 0 Å². The summed E-state index contributed by atoms with van der Waals surface area (Å²) >= 11 is 0. The Hall–Kier alpha value is -1.94. The van der Waals surface area contributed by atoms with E-state index in [-0.39, 0.29) is 25.7 Å². The molecule has 19 heteroatoms. The van der Waals surface area contributed by atoms with Crippen LogP contribution < -0.4 is 0 Å². The van der Waals surface area contributed by atoms with E-state index in [4.69, 9.17) is 37.0 Å². The van der Waals surface area contributed by atoms with Gasteiger partial charge in [-0.3, -0.25) is 37.3 Å². The zero-order valence-corrected chi connectivity index (χ0v) is 60.9. The molecule has 0 aromatic carbocycles. The van der Waals surface area contributed by atoms with Crippen LogP contribution in [0.4, 0.5) is 0 Å². The lowest BCUT2D eigenvalue weighted by Gasteiger charge is -2.21. The van der Waals surface area contributed by atoms with Gasteiger partial charge in [0, 0.05) is 25.7 Å². The largest absolute Gasteiger partial charge is 0.472 e. The number of aliphatic hydroxyl groups excluding tert-OH is 1. The van der Waals surface area contributed by atoms with Gasteiger partial charge in [0.05, 0.1) is 26.4 Å². The first-order valence-electron chi connectivity index (χ1n) is 37.5. The summed E-state index contributed by atoms with van der Waals surface area (Å²) in [5.74, 6) is -0.544. The van der Waals surface area contributed by atoms with E-state index in [1.54, 1.807) is 0 Å². The van der Waals surface area contributed by atoms with Crippen LogP contribution in [0.25, 0.3) is 0 Å². The molecule has 2 unspecified atom stereocenters. The molecule has 0 aliphatic carbocycles. The lowest BCUT2D eigenvalue weighted by Crippen LogP contribution is -2.30. The zero-order chi connectivity index (χ0) is 67.2. The molecule has 0 bridgehead atoms. The standard InChI is InChI=1S/C72H140O17P2/c1-7-9-11-13-14-15-16-20-28-33-38-44-50-56-71(76)88-67(60-82-69(74)54-48-40-12-10-8-2)62-86-90(78,79)84-58-66(73)59-85-91(80,81)87-63-68(61-83-70(75)55-49-43-37-32-27-24-19-22-26-31-36-42-47-53-65(5)6)89-72(77)57-51-45-39-34-29-23-18-17-21-25-30-35-41-46-52-64(3)4/h64-68,73H,7-63H2,1-6H3,(H,78,79)(H,80,81)/t66-,67+,68+/m0/s1. The van der Waals surface area contributed by atoms with Crippen molar-refractivity contribution in [3.8, 4) is 0 Å². The van der Waals surface area contributed by atoms with Gasteiger partial charge in [0.15, 0.2) is 12.2 Å². The number of ether oxygens (including phenoxy) is 4. The first-order chi connectivity index (χ1) is 43.9. The van der Waals surface area contributed by atoms with Crippen molar-refractivity contribution < 1.29 is 80.2 Å². The van der Waals surface area contributed by atoms with Gasteiger partial charge in [-0.2, -0.15) is 0 Å². The van der Waals surface area contributed by atoms with Crippen molar-refractivity contribution in [3.63, 3.8) is 0 Å². The predicted molar refractivity (Wildman–Crippen MR) is 368 cm³/mol. The van der Waals surface area contributed by atoms with Crippen LogP contribution >= 0.6 is 15.6 Å². The number of phosphoric ester groups is 2. The first-order valence-corrected chi connectivity index (χ1v) is 40.5. The van der Waals surface area contributed by atoms with Crippen molar-refractivity contribution >= 4 is 39.5 Å². The molecule has 0 aromatic rings. The van der Waals surface area contributed by atoms with Crippen molar-refractivity contribution in [1.29, 1.82) is 0 Å². The first kappa shape index (κ1) is 89.1. The van der Waals surface area contributed by atoms with Crippen LogP contribution in [0.3, 0.4) is 0 Å². The summed E-state index contributed by atoms with van der Waals surface area (Å²) in [6.45, 7) is 9.52. The third-order valence-corrected chi connectivity index (χ3v) is 18.6. The van der Waals surface area contributed by atoms with Crippen LogP contribution in [-0.4, -0.2) is 96.7 Å². The summed E-state index contributed by atoms with van der Waals surface area (Å²) in [6.07, 6.45) is 50.3. The molecular formula is C72H140O17P2. The summed E-state index contributed by atoms with van der Waals surface area (Å²) in [4.78, 5) is 72.4. The lowest BCUT2D eigenvalue weighted by atomic mass is 10.0. The van der Waals surface area contributed by atoms with E-state index in [1.165, 1.54) is 180 Å². The fourth-order valence-electron chi connectivity index (χ4n) is 10.9. The Balaban J connectivity index is 5.16. The van der Waals surface area contributed by atoms with Crippen molar-refractivity contribution in [1.82, 2.24) is 0 Å². The Kier molecular flexibility index (Phi) is 62.7. The summed E-state index contributed by atoms with van der Waals surface area (Å²) < 4.78 is 68.2. The molecule has 91 heavy (non-hydrogen) atoms. The summed E-state index contributed by atoms with van der Waals surface area (Å²) in [5.41, 5.74) is 0. The number of carbonyl (C=O) groups excluding carboxylic acids is 4. The Morgan fingerprint density at radius 2 is 0.505 bits per heavy atom. The number of hydrogen-bond acceptors (Lipinski definition) is 15. The van der Waals surface area contributed by atoms with Gasteiger partial charge in [0.1, 0.15) is 19.3 Å². The normalized spacial score (nSPS) is 14.1. The molecule has 0 amide bonds. The molecule has 3 N–H and O–H groups in total. The highest BCUT2D eigenvalue weighted by Crippen LogP contribution is 2.45. The monoisotopic (exact) mass is 1340 g/mol. The van der Waals surface area contributed by atoms with Crippen molar-refractivity contribution in [2.45, 2.75) is 387 Å². The van der Waals surface area contributed by atoms with Crippen molar-refractivity contribution in [2.75, 3.05) is 39.6 Å². The Morgan fingerprint density at radius 3 is 0.747 bits per heavy atom. The van der Waals surface area contributed by atoms with Gasteiger partial charge in [0.2, 0.25) is 0 Å². The molecule has 540 valence electrons. The Labute approximate surface area is 556 Å². The fourth-order valence-corrected chi connectivity index (χ4v) is 12.5. The van der Waals surface area contributed by atoms with E-state index in [9.17, 15) is 43.2 Å². The van der Waals surface area contributed by atoms with Crippen LogP contribution in [0, 0.1) is 11.8 Å². The zero-order valence-electron chi connectivity index (χ0n) is 59.1. The summed E-state index contributed by atoms with van der Waals surface area (Å²) in [5, 5.41) is 10.6. The van der Waals surface area contributed by atoms with Crippen LogP contribution in [-0.2, 0) is 65.4 Å². The van der Waals surface area contributed by atoms with E-state index < -0.39 is 97.5 Å². The van der Waals surface area contributed by atoms with Crippen LogP contribution in [0.2, 0.25) is 0 Å². The Morgan fingerprint density at radius 1 is 0.297 bits per heavy atom. The van der Waals surface area contributed by atoms with Crippen molar-refractivity contribution in [2.24, 2.45) is 11.8 Å². The van der Waals surface area contributed by atoms with E-state index in [0.29, 0.717) is 25.7 Å². The van der Waals surface area contributed by atoms with Gasteiger partial charge in [-0.25, -0.2) is 9.13 Å². The molecule has 0 spiro atoms. The van der Waals surface area contributed by atoms with Crippen LogP contribution in [0.15, 0.2) is 0 Å². The predicted octanol–water partition coefficient (Wildman–Crippen LogP) is 20.8. The number of unbranched alkanes of at least 4 members (excludes halogenated alkanes) is 41. The minimum Gasteiger partial charge on any atom is -0.462 e. The average molecular weight is 1340 g/mol. The average Bonchev–Trinajstić information content (AvgIpc) is 3.36. The molecule has 0 aliphatic heterocycles. The summed E-state index contributed by atoms with van der Waals surface area (Å²) in [6, 6.07) is 0. The lowest BCUT2D eigenvalue weighted by molar-refractivity contribution is -0.161. The van der Waals surface area contributed by atoms with Gasteiger partial charge in [-0.15, -0.1) is 0 Å². The highest BCUT2D eigenvalue weighted by molar-refractivity contribution is 7.47. The quantitative estimate of drug-likeness (QED) is 0.0222. The number of phosphoric acid groups is 2. The molecule has 0 aromatic heterocycles. The number of rotatable bonds is 71. The maximum absolute atomic E-state index is 13.0. The highest BCUT2D eigenvalue weighted by atomic mass is 31.2. The maximum Gasteiger partial charge on any atom is 0.472 e. The SMILES string of the molecule is CCCCCCCCCCCCCCCC(=O)O[C@H](COC(=O)CCCCCCC)COP(=O)(O)OC[C@H](O)COP(=O)(O)OC[C@@H](COC(=O)CCCCCCCCCCCCCCCC(C)C)OC(=O)CCCCCCCCCCCCCCCCC(C)C. The Bertz CT molecular complexity index is 1770. The smallest absolute Gasteiger partial charge is 0.462 e. The second-order valence-electron chi connectivity index (χ2n) is 26.9. The molecule has 0 fully saturated rings. The van der Waals surface area contributed by atoms with Gasteiger partial charge in [-0.1, -0.05) is 318 Å². The van der Waals surface area contributed by atoms with E-state index in [1.807, 2.05) is 0 Å². The van der Waals surface area contributed by atoms with Gasteiger partial charge in [-0.05, 0) is 37.5 Å². The molecule has 0 saturated carbocycles. The molecule has 0 saturated heterocycles. The van der Waals surface area contributed by atoms with Crippen LogP contribution in [0.5, 0.6) is 0 Å². The topological polar surface area (TPSA) is 237 Å². The van der Waals surface area contributed by atoms with E-state index in [2.05, 4.69) is 41.5 Å². The molecular weight excluding hydrogens is 1200 g/mol. The second kappa shape index (κ2) is 64.1. The third-order valence-electron chi connectivity index (χ3n) is 16.7. The number of hydrogen-bond donors (Lipinski definition) is 3. The molecule has 0 rings (SSSR count). The second-order valence-corrected chi connectivity index (χ2v) is 29.8. The van der Waals surface area contributed by atoms with E-state index >= 15 is 0 Å². The molecule has 0 aliphatic rings. The third kappa shape index (κ3) is 66.5. The summed E-state index contributed by atoms with van der Waals surface area (Å²) in [7, 11) is -9.89. The molecule has 0 heterocycles. The van der Waals surface area contributed by atoms with E-state index in [0.717, 1.165) is 108 Å². The maximum atomic E-state index is 13.0. The molecule has 5 atom stereocenters. The highest BCUT2D eigenvalue weighted by Gasteiger charge is 2.30. The molecule has 0 radical (unpaired) electrons. The number of aliphatic hydroxyl groups is 1. The number of carbonyl (C=O) groups is 4. The molecule has 17 nitrogen and oxygen atoms in total. The van der Waals surface area contributed by atoms with Crippen LogP contribution in [0.1, 0.15) is 369 Å². The van der Waals surface area contributed by atoms with Gasteiger partial charge >= 0.3 is 39.5 Å².